The second-order valence-electron chi connectivity index (χ2n) is 5.55. The van der Waals surface area contributed by atoms with Crippen molar-refractivity contribution in [2.24, 2.45) is 0 Å². The molecule has 0 saturated carbocycles. The Morgan fingerprint density at radius 2 is 1.84 bits per heavy atom. The van der Waals surface area contributed by atoms with Gasteiger partial charge in [-0.05, 0) is 43.7 Å². The molecular formula is C17H18N2O5S. The van der Waals surface area contributed by atoms with Crippen molar-refractivity contribution in [3.8, 4) is 11.5 Å². The van der Waals surface area contributed by atoms with Crippen LogP contribution in [0.4, 0.5) is 5.69 Å². The standard InChI is InChI=1S/C17H18N2O5S/c1-10-7-16-13(11(2)18-24-16)9-14(10)19-25(20,21)17-8-12(22-3)5-6-15(17)23-4/h5-9,19H,1-4H3. The predicted octanol–water partition coefficient (Wildman–Crippen LogP) is 3.26. The molecule has 0 amide bonds. The number of hydrogen-bond donors (Lipinski definition) is 1. The average Bonchev–Trinajstić information content (AvgIpc) is 2.94. The molecule has 1 heterocycles. The molecule has 0 saturated heterocycles. The second-order valence-corrected chi connectivity index (χ2v) is 7.20. The maximum atomic E-state index is 12.9. The second kappa shape index (κ2) is 6.29. The van der Waals surface area contributed by atoms with Crippen LogP contribution in [0.2, 0.25) is 0 Å². The number of nitrogens with one attached hydrogen (secondary N) is 1. The first-order valence-corrected chi connectivity index (χ1v) is 8.95. The minimum absolute atomic E-state index is 0.00381. The van der Waals surface area contributed by atoms with Crippen molar-refractivity contribution in [3.05, 3.63) is 41.6 Å². The van der Waals surface area contributed by atoms with E-state index in [0.29, 0.717) is 28.3 Å². The minimum Gasteiger partial charge on any atom is -0.497 e. The zero-order chi connectivity index (χ0) is 18.2. The Hall–Kier alpha value is -2.74. The molecule has 7 nitrogen and oxygen atoms in total. The van der Waals surface area contributed by atoms with Crippen molar-refractivity contribution in [1.82, 2.24) is 5.16 Å². The van der Waals surface area contributed by atoms with Crippen LogP contribution in [0.3, 0.4) is 0 Å². The summed E-state index contributed by atoms with van der Waals surface area (Å²) in [7, 11) is -0.996. The molecule has 0 aliphatic carbocycles. The van der Waals surface area contributed by atoms with Crippen molar-refractivity contribution in [1.29, 1.82) is 0 Å². The third kappa shape index (κ3) is 3.12. The molecule has 1 N–H and O–H groups in total. The van der Waals surface area contributed by atoms with Crippen LogP contribution < -0.4 is 14.2 Å². The summed E-state index contributed by atoms with van der Waals surface area (Å²) in [6.07, 6.45) is 0. The highest BCUT2D eigenvalue weighted by Gasteiger charge is 2.22. The predicted molar refractivity (Wildman–Crippen MR) is 93.8 cm³/mol. The molecule has 0 unspecified atom stereocenters. The summed E-state index contributed by atoms with van der Waals surface area (Å²) >= 11 is 0. The third-order valence-electron chi connectivity index (χ3n) is 3.90. The van der Waals surface area contributed by atoms with Crippen molar-refractivity contribution >= 4 is 26.7 Å². The highest BCUT2D eigenvalue weighted by Crippen LogP contribution is 2.32. The molecule has 0 spiro atoms. The average molecular weight is 362 g/mol. The van der Waals surface area contributed by atoms with Crippen LogP contribution >= 0.6 is 0 Å². The molecule has 8 heteroatoms. The maximum absolute atomic E-state index is 12.9. The molecule has 0 bridgehead atoms. The van der Waals surface area contributed by atoms with E-state index in [-0.39, 0.29) is 10.6 Å². The van der Waals surface area contributed by atoms with Gasteiger partial charge in [0.15, 0.2) is 5.58 Å². The van der Waals surface area contributed by atoms with E-state index < -0.39 is 10.0 Å². The lowest BCUT2D eigenvalue weighted by molar-refractivity contribution is 0.392. The third-order valence-corrected chi connectivity index (χ3v) is 5.29. The Balaban J connectivity index is 2.08. The van der Waals surface area contributed by atoms with E-state index in [9.17, 15) is 8.42 Å². The lowest BCUT2D eigenvalue weighted by atomic mass is 10.1. The Morgan fingerprint density at radius 3 is 2.52 bits per heavy atom. The van der Waals surface area contributed by atoms with Gasteiger partial charge >= 0.3 is 0 Å². The number of hydrogen-bond acceptors (Lipinski definition) is 6. The van der Waals surface area contributed by atoms with Crippen LogP contribution in [-0.4, -0.2) is 27.8 Å². The van der Waals surface area contributed by atoms with E-state index in [1.807, 2.05) is 0 Å². The van der Waals surface area contributed by atoms with Gasteiger partial charge in [-0.25, -0.2) is 8.42 Å². The van der Waals surface area contributed by atoms with Crippen molar-refractivity contribution in [3.63, 3.8) is 0 Å². The van der Waals surface area contributed by atoms with Gasteiger partial charge in [-0.2, -0.15) is 0 Å². The number of rotatable bonds is 5. The lowest BCUT2D eigenvalue weighted by Gasteiger charge is -2.14. The van der Waals surface area contributed by atoms with Gasteiger partial charge in [-0.3, -0.25) is 4.72 Å². The van der Waals surface area contributed by atoms with E-state index in [4.69, 9.17) is 14.0 Å². The first kappa shape index (κ1) is 17.1. The molecule has 2 aromatic carbocycles. The number of nitrogens with zero attached hydrogens (tertiary/aromatic N) is 1. The number of methoxy groups -OCH3 is 2. The fourth-order valence-electron chi connectivity index (χ4n) is 2.51. The molecule has 0 radical (unpaired) electrons. The largest absolute Gasteiger partial charge is 0.497 e. The highest BCUT2D eigenvalue weighted by atomic mass is 32.2. The van der Waals surface area contributed by atoms with Crippen molar-refractivity contribution in [2.75, 3.05) is 18.9 Å². The van der Waals surface area contributed by atoms with E-state index in [1.165, 1.54) is 20.3 Å². The Bertz CT molecular complexity index is 1040. The van der Waals surface area contributed by atoms with E-state index in [0.717, 1.165) is 5.39 Å². The van der Waals surface area contributed by atoms with Crippen LogP contribution in [0.25, 0.3) is 11.0 Å². The van der Waals surface area contributed by atoms with Gasteiger partial charge in [0.2, 0.25) is 0 Å². The van der Waals surface area contributed by atoms with Gasteiger partial charge in [-0.15, -0.1) is 0 Å². The smallest absolute Gasteiger partial charge is 0.265 e. The zero-order valence-corrected chi connectivity index (χ0v) is 15.1. The number of anilines is 1. The first-order chi connectivity index (χ1) is 11.9. The fraction of sp³-hybridized carbons (Fsp3) is 0.235. The summed E-state index contributed by atoms with van der Waals surface area (Å²) in [5, 5.41) is 4.64. The van der Waals surface area contributed by atoms with Crippen LogP contribution in [0.15, 0.2) is 39.8 Å². The van der Waals surface area contributed by atoms with E-state index in [1.54, 1.807) is 38.1 Å². The Labute approximate surface area is 145 Å². The number of fused-ring (bicyclic) bond motifs is 1. The fourth-order valence-corrected chi connectivity index (χ4v) is 3.82. The number of aromatic nitrogens is 1. The zero-order valence-electron chi connectivity index (χ0n) is 14.3. The molecule has 132 valence electrons. The number of sulfonamides is 1. The summed E-state index contributed by atoms with van der Waals surface area (Å²) in [5.74, 6) is 0.649. The van der Waals surface area contributed by atoms with Gasteiger partial charge in [0.05, 0.1) is 25.6 Å². The maximum Gasteiger partial charge on any atom is 0.265 e. The normalized spacial score (nSPS) is 11.5. The minimum atomic E-state index is -3.88. The van der Waals surface area contributed by atoms with Gasteiger partial charge in [0, 0.05) is 11.5 Å². The molecule has 3 rings (SSSR count). The molecular weight excluding hydrogens is 344 g/mol. The summed E-state index contributed by atoms with van der Waals surface area (Å²) in [6, 6.07) is 8.06. The molecule has 0 atom stereocenters. The Kier molecular flexibility index (Phi) is 4.30. The van der Waals surface area contributed by atoms with Crippen LogP contribution in [-0.2, 0) is 10.0 Å². The molecule has 3 aromatic rings. The molecule has 0 aliphatic heterocycles. The van der Waals surface area contributed by atoms with Gasteiger partial charge in [0.1, 0.15) is 16.4 Å². The highest BCUT2D eigenvalue weighted by molar-refractivity contribution is 7.92. The Morgan fingerprint density at radius 1 is 1.08 bits per heavy atom. The molecule has 25 heavy (non-hydrogen) atoms. The van der Waals surface area contributed by atoms with E-state index in [2.05, 4.69) is 9.88 Å². The SMILES string of the molecule is COc1ccc(OC)c(S(=O)(=O)Nc2cc3c(C)noc3cc2C)c1. The van der Waals surface area contributed by atoms with Crippen LogP contribution in [0.1, 0.15) is 11.3 Å². The van der Waals surface area contributed by atoms with Crippen LogP contribution in [0.5, 0.6) is 11.5 Å². The molecule has 1 aromatic heterocycles. The summed E-state index contributed by atoms with van der Waals surface area (Å²) in [6.45, 7) is 3.59. The van der Waals surface area contributed by atoms with Gasteiger partial charge < -0.3 is 14.0 Å². The quantitative estimate of drug-likeness (QED) is 0.749. The van der Waals surface area contributed by atoms with Crippen molar-refractivity contribution < 1.29 is 22.4 Å². The monoisotopic (exact) mass is 362 g/mol. The number of benzene rings is 2. The lowest BCUT2D eigenvalue weighted by Crippen LogP contribution is -2.15. The van der Waals surface area contributed by atoms with E-state index >= 15 is 0 Å². The number of ether oxygens (including phenoxy) is 2. The molecule has 0 fully saturated rings. The van der Waals surface area contributed by atoms with Gasteiger partial charge in [0.25, 0.3) is 10.0 Å². The first-order valence-electron chi connectivity index (χ1n) is 7.47. The summed E-state index contributed by atoms with van der Waals surface area (Å²) in [4.78, 5) is -0.00381. The van der Waals surface area contributed by atoms with Gasteiger partial charge in [-0.1, -0.05) is 5.16 Å². The summed E-state index contributed by atoms with van der Waals surface area (Å²) in [5.41, 5.74) is 2.46. The summed E-state index contributed by atoms with van der Waals surface area (Å²) < 4.78 is 43.9. The number of aryl methyl sites for hydroxylation is 2. The van der Waals surface area contributed by atoms with Crippen LogP contribution in [0, 0.1) is 13.8 Å². The molecule has 0 aliphatic rings. The topological polar surface area (TPSA) is 90.7 Å². The van der Waals surface area contributed by atoms with Crippen molar-refractivity contribution in [2.45, 2.75) is 18.7 Å².